The first-order valence-electron chi connectivity index (χ1n) is 7.80. The van der Waals surface area contributed by atoms with E-state index in [4.69, 9.17) is 0 Å². The summed E-state index contributed by atoms with van der Waals surface area (Å²) in [6.07, 6.45) is 10.3. The Balaban J connectivity index is 1.83. The van der Waals surface area contributed by atoms with Crippen molar-refractivity contribution in [3.63, 3.8) is 0 Å². The summed E-state index contributed by atoms with van der Waals surface area (Å²) in [5.41, 5.74) is 2.15. The molecule has 0 amide bonds. The molecule has 0 radical (unpaired) electrons. The average Bonchev–Trinajstić information content (AvgIpc) is 2.91. The van der Waals surface area contributed by atoms with Crippen LogP contribution in [0.1, 0.15) is 50.5 Å². The van der Waals surface area contributed by atoms with Crippen LogP contribution < -0.4 is 0 Å². The first-order valence-corrected chi connectivity index (χ1v) is 7.80. The van der Waals surface area contributed by atoms with E-state index in [1.165, 1.54) is 62.5 Å². The summed E-state index contributed by atoms with van der Waals surface area (Å²) in [5, 5.41) is 0. The van der Waals surface area contributed by atoms with Gasteiger partial charge in [0.25, 0.3) is 0 Å². The highest BCUT2D eigenvalue weighted by atomic mass is 15.5. The zero-order chi connectivity index (χ0) is 12.1. The SMILES string of the molecule is c1ccc(C23CCC(CC2)[N+]32CCCCC2)cc1. The van der Waals surface area contributed by atoms with Crippen LogP contribution in [0.25, 0.3) is 0 Å². The molecule has 1 heteroatoms. The van der Waals surface area contributed by atoms with Crippen LogP contribution in [0.3, 0.4) is 0 Å². The maximum atomic E-state index is 2.41. The number of piperidine rings is 1. The van der Waals surface area contributed by atoms with Crippen molar-refractivity contribution in [3.05, 3.63) is 35.9 Å². The van der Waals surface area contributed by atoms with Crippen molar-refractivity contribution in [3.8, 4) is 0 Å². The minimum absolute atomic E-state index is 0.506. The molecule has 96 valence electrons. The molecular formula is C17H24N+. The third-order valence-electron chi connectivity index (χ3n) is 6.26. The summed E-state index contributed by atoms with van der Waals surface area (Å²) >= 11 is 0. The van der Waals surface area contributed by atoms with Crippen LogP contribution in [0.2, 0.25) is 0 Å². The third-order valence-corrected chi connectivity index (χ3v) is 6.26. The lowest BCUT2D eigenvalue weighted by molar-refractivity contribution is -0.982. The van der Waals surface area contributed by atoms with Gasteiger partial charge in [0.1, 0.15) is 5.54 Å². The molecule has 2 bridgehead atoms. The smallest absolute Gasteiger partial charge is 0.125 e. The molecule has 1 aromatic carbocycles. The zero-order valence-electron chi connectivity index (χ0n) is 11.3. The summed E-state index contributed by atoms with van der Waals surface area (Å²) in [6.45, 7) is 2.92. The van der Waals surface area contributed by atoms with E-state index in [2.05, 4.69) is 30.3 Å². The van der Waals surface area contributed by atoms with Crippen LogP contribution in [0.15, 0.2) is 30.3 Å². The standard InChI is InChI=1S/C17H24N/c1-3-7-15(8-4-1)17-11-9-16(10-12-17)18(17)13-5-2-6-14-18/h1,3-4,7-8,16H,2,5-6,9-14H2/q+1. The van der Waals surface area contributed by atoms with Gasteiger partial charge in [-0.05, 0) is 19.3 Å². The number of benzene rings is 1. The number of hydrogen-bond donors (Lipinski definition) is 0. The molecule has 3 aliphatic rings. The van der Waals surface area contributed by atoms with Crippen LogP contribution in [0, 0.1) is 0 Å². The lowest BCUT2D eigenvalue weighted by atomic mass is 9.80. The highest BCUT2D eigenvalue weighted by Crippen LogP contribution is 2.59. The second-order valence-corrected chi connectivity index (χ2v) is 6.67. The minimum atomic E-state index is 0.506. The molecule has 3 aliphatic heterocycles. The molecule has 0 aliphatic carbocycles. The molecule has 0 N–H and O–H groups in total. The van der Waals surface area contributed by atoms with Crippen LogP contribution in [-0.2, 0) is 5.54 Å². The fourth-order valence-corrected chi connectivity index (χ4v) is 5.53. The van der Waals surface area contributed by atoms with Crippen molar-refractivity contribution in [2.24, 2.45) is 0 Å². The van der Waals surface area contributed by atoms with Gasteiger partial charge < -0.3 is 4.48 Å². The van der Waals surface area contributed by atoms with Crippen molar-refractivity contribution < 1.29 is 4.48 Å². The summed E-state index contributed by atoms with van der Waals surface area (Å²) in [4.78, 5) is 0. The molecule has 1 spiro atoms. The van der Waals surface area contributed by atoms with E-state index in [-0.39, 0.29) is 0 Å². The monoisotopic (exact) mass is 242 g/mol. The van der Waals surface area contributed by atoms with E-state index in [9.17, 15) is 0 Å². The van der Waals surface area contributed by atoms with Gasteiger partial charge in [-0.15, -0.1) is 0 Å². The van der Waals surface area contributed by atoms with Crippen molar-refractivity contribution in [2.45, 2.75) is 56.5 Å². The number of nitrogens with zero attached hydrogens (tertiary/aromatic N) is 1. The lowest BCUT2D eigenvalue weighted by Crippen LogP contribution is -2.60. The lowest BCUT2D eigenvalue weighted by Gasteiger charge is -2.49. The van der Waals surface area contributed by atoms with E-state index in [0.29, 0.717) is 5.54 Å². The molecule has 0 atom stereocenters. The molecular weight excluding hydrogens is 218 g/mol. The van der Waals surface area contributed by atoms with Crippen LogP contribution in [0.4, 0.5) is 0 Å². The van der Waals surface area contributed by atoms with Gasteiger partial charge in [0.2, 0.25) is 0 Å². The first kappa shape index (κ1) is 11.0. The molecule has 3 heterocycles. The van der Waals surface area contributed by atoms with Gasteiger partial charge in [-0.25, -0.2) is 0 Å². The van der Waals surface area contributed by atoms with E-state index in [1.54, 1.807) is 5.56 Å². The van der Waals surface area contributed by atoms with Crippen LogP contribution in [0.5, 0.6) is 0 Å². The van der Waals surface area contributed by atoms with Gasteiger partial charge in [0.05, 0.1) is 19.1 Å². The van der Waals surface area contributed by atoms with Crippen LogP contribution >= 0.6 is 0 Å². The number of rotatable bonds is 1. The Morgan fingerprint density at radius 1 is 0.889 bits per heavy atom. The Hall–Kier alpha value is -0.820. The molecule has 0 aromatic heterocycles. The molecule has 1 nitrogen and oxygen atoms in total. The van der Waals surface area contributed by atoms with Crippen molar-refractivity contribution in [2.75, 3.05) is 13.1 Å². The predicted octanol–water partition coefficient (Wildman–Crippen LogP) is 3.84. The van der Waals surface area contributed by atoms with Gasteiger partial charge in [-0.2, -0.15) is 0 Å². The van der Waals surface area contributed by atoms with E-state index >= 15 is 0 Å². The van der Waals surface area contributed by atoms with E-state index < -0.39 is 0 Å². The largest absolute Gasteiger partial charge is 0.313 e. The molecule has 1 aromatic rings. The Bertz CT molecular complexity index is 422. The topological polar surface area (TPSA) is 0 Å². The summed E-state index contributed by atoms with van der Waals surface area (Å²) in [5.74, 6) is 0. The van der Waals surface area contributed by atoms with Gasteiger partial charge >= 0.3 is 0 Å². The molecule has 0 unspecified atom stereocenters. The van der Waals surface area contributed by atoms with Gasteiger partial charge in [0.15, 0.2) is 0 Å². The fourth-order valence-electron chi connectivity index (χ4n) is 5.53. The third kappa shape index (κ3) is 1.21. The molecule has 3 fully saturated rings. The second-order valence-electron chi connectivity index (χ2n) is 6.67. The second kappa shape index (κ2) is 3.84. The normalized spacial score (nSPS) is 37.2. The van der Waals surface area contributed by atoms with Crippen molar-refractivity contribution in [1.82, 2.24) is 0 Å². The first-order chi connectivity index (χ1) is 8.87. The molecule has 0 saturated carbocycles. The minimum Gasteiger partial charge on any atom is -0.313 e. The summed E-state index contributed by atoms with van der Waals surface area (Å²) in [6, 6.07) is 12.5. The molecule has 4 rings (SSSR count). The Morgan fingerprint density at radius 2 is 1.56 bits per heavy atom. The van der Waals surface area contributed by atoms with Crippen LogP contribution in [-0.4, -0.2) is 23.6 Å². The molecule has 18 heavy (non-hydrogen) atoms. The fraction of sp³-hybridized carbons (Fsp3) is 0.647. The highest BCUT2D eigenvalue weighted by molar-refractivity contribution is 5.25. The summed E-state index contributed by atoms with van der Waals surface area (Å²) < 4.78 is 1.47. The van der Waals surface area contributed by atoms with Crippen molar-refractivity contribution >= 4 is 0 Å². The maximum Gasteiger partial charge on any atom is 0.125 e. The van der Waals surface area contributed by atoms with Gasteiger partial charge in [-0.1, -0.05) is 30.3 Å². The maximum absolute atomic E-state index is 2.41. The summed E-state index contributed by atoms with van der Waals surface area (Å²) in [7, 11) is 0. The predicted molar refractivity (Wildman–Crippen MR) is 74.2 cm³/mol. The highest BCUT2D eigenvalue weighted by Gasteiger charge is 2.65. The molecule has 3 saturated heterocycles. The average molecular weight is 242 g/mol. The van der Waals surface area contributed by atoms with E-state index in [0.717, 1.165) is 6.04 Å². The van der Waals surface area contributed by atoms with Gasteiger partial charge in [-0.3, -0.25) is 0 Å². The Morgan fingerprint density at radius 3 is 2.22 bits per heavy atom. The van der Waals surface area contributed by atoms with Crippen molar-refractivity contribution in [1.29, 1.82) is 0 Å². The van der Waals surface area contributed by atoms with Gasteiger partial charge in [0, 0.05) is 31.2 Å². The number of quaternary nitrogens is 1. The zero-order valence-corrected chi connectivity index (χ0v) is 11.3. The quantitative estimate of drug-likeness (QED) is 0.656. The Labute approximate surface area is 110 Å². The number of hydrogen-bond acceptors (Lipinski definition) is 0. The van der Waals surface area contributed by atoms with E-state index in [1.807, 2.05) is 0 Å². The Kier molecular flexibility index (Phi) is 2.35.